The quantitative estimate of drug-likeness (QED) is 0.766. The van der Waals surface area contributed by atoms with Crippen LogP contribution in [0.3, 0.4) is 0 Å². The molecule has 18 heavy (non-hydrogen) atoms. The minimum Gasteiger partial charge on any atom is -0.374 e. The number of hydrogen-bond acceptors (Lipinski definition) is 3. The van der Waals surface area contributed by atoms with Crippen molar-refractivity contribution in [3.05, 3.63) is 20.8 Å². The van der Waals surface area contributed by atoms with Crippen molar-refractivity contribution in [3.8, 4) is 0 Å². The fraction of sp³-hybridized carbons (Fsp3) is 0.714. The number of thiophene rings is 1. The Kier molecular flexibility index (Phi) is 4.70. The summed E-state index contributed by atoms with van der Waals surface area (Å²) in [4.78, 5) is 1.29. The van der Waals surface area contributed by atoms with Gasteiger partial charge in [-0.15, -0.1) is 11.3 Å². The molecule has 0 N–H and O–H groups in total. The van der Waals surface area contributed by atoms with E-state index in [9.17, 15) is 0 Å². The third kappa shape index (κ3) is 2.46. The smallest absolute Gasteiger partial charge is 0.107 e. The second-order valence-electron chi connectivity index (χ2n) is 4.86. The molecule has 0 saturated carbocycles. The highest BCUT2D eigenvalue weighted by Gasteiger charge is 2.41. The van der Waals surface area contributed by atoms with Gasteiger partial charge in [0.2, 0.25) is 0 Å². The molecule has 0 aliphatic carbocycles. The molecular weight excluding hydrogens is 268 g/mol. The number of ether oxygens (including phenoxy) is 2. The van der Waals surface area contributed by atoms with Gasteiger partial charge >= 0.3 is 0 Å². The molecule has 2 nitrogen and oxygen atoms in total. The van der Waals surface area contributed by atoms with E-state index in [0.29, 0.717) is 6.61 Å². The molecule has 0 fully saturated rings. The molecule has 1 aliphatic rings. The zero-order chi connectivity index (χ0) is 13.2. The molecule has 0 radical (unpaired) electrons. The molecule has 4 heteroatoms. The lowest BCUT2D eigenvalue weighted by atomic mass is 9.85. The van der Waals surface area contributed by atoms with Crippen LogP contribution in [0, 0.1) is 0 Å². The van der Waals surface area contributed by atoms with Crippen molar-refractivity contribution in [1.29, 1.82) is 0 Å². The normalized spacial score (nSPS) is 21.9. The predicted molar refractivity (Wildman–Crippen MR) is 76.5 cm³/mol. The van der Waals surface area contributed by atoms with Crippen LogP contribution in [0.1, 0.15) is 56.1 Å². The number of hydrogen-bond donors (Lipinski definition) is 0. The summed E-state index contributed by atoms with van der Waals surface area (Å²) >= 11 is 7.86. The Morgan fingerprint density at radius 2 is 2.11 bits per heavy atom. The number of halogens is 1. The molecule has 0 saturated heterocycles. The van der Waals surface area contributed by atoms with Crippen LogP contribution in [0.5, 0.6) is 0 Å². The summed E-state index contributed by atoms with van der Waals surface area (Å²) in [6.07, 6.45) is 4.38. The molecule has 0 amide bonds. The first-order valence-corrected chi connectivity index (χ1v) is 7.82. The Labute approximate surface area is 118 Å². The highest BCUT2D eigenvalue weighted by molar-refractivity contribution is 7.16. The van der Waals surface area contributed by atoms with Crippen LogP contribution in [0.4, 0.5) is 0 Å². The summed E-state index contributed by atoms with van der Waals surface area (Å²) < 4.78 is 12.6. The lowest BCUT2D eigenvalue weighted by molar-refractivity contribution is -0.119. The average Bonchev–Trinajstić information content (AvgIpc) is 2.73. The van der Waals surface area contributed by atoms with Gasteiger partial charge in [-0.2, -0.15) is 0 Å². The van der Waals surface area contributed by atoms with E-state index in [0.717, 1.165) is 30.0 Å². The third-order valence-corrected chi connectivity index (χ3v) is 5.06. The highest BCUT2D eigenvalue weighted by Crippen LogP contribution is 2.49. The van der Waals surface area contributed by atoms with E-state index >= 15 is 0 Å². The molecule has 1 aromatic heterocycles. The second-order valence-corrected chi connectivity index (χ2v) is 6.55. The van der Waals surface area contributed by atoms with Gasteiger partial charge in [0.25, 0.3) is 0 Å². The van der Waals surface area contributed by atoms with Crippen LogP contribution in [-0.4, -0.2) is 13.7 Å². The molecule has 1 atom stereocenters. The summed E-state index contributed by atoms with van der Waals surface area (Å²) in [6, 6.07) is 2.05. The van der Waals surface area contributed by atoms with E-state index in [2.05, 4.69) is 19.9 Å². The van der Waals surface area contributed by atoms with Crippen molar-refractivity contribution in [2.24, 2.45) is 0 Å². The lowest BCUT2D eigenvalue weighted by Gasteiger charge is -2.39. The van der Waals surface area contributed by atoms with Gasteiger partial charge in [0.15, 0.2) is 0 Å². The molecule has 1 aliphatic heterocycles. The van der Waals surface area contributed by atoms with Crippen molar-refractivity contribution in [3.63, 3.8) is 0 Å². The fourth-order valence-electron chi connectivity index (χ4n) is 2.86. The van der Waals surface area contributed by atoms with Gasteiger partial charge < -0.3 is 9.47 Å². The maximum atomic E-state index is 6.22. The van der Waals surface area contributed by atoms with Crippen LogP contribution in [-0.2, 0) is 15.1 Å². The molecule has 2 rings (SSSR count). The summed E-state index contributed by atoms with van der Waals surface area (Å²) in [7, 11) is 1.73. The van der Waals surface area contributed by atoms with Crippen molar-refractivity contribution in [1.82, 2.24) is 0 Å². The van der Waals surface area contributed by atoms with E-state index in [-0.39, 0.29) is 11.7 Å². The first kappa shape index (κ1) is 14.3. The van der Waals surface area contributed by atoms with E-state index in [1.807, 2.05) is 0 Å². The zero-order valence-electron chi connectivity index (χ0n) is 11.3. The molecular formula is C14H21ClO2S. The van der Waals surface area contributed by atoms with Crippen LogP contribution in [0.25, 0.3) is 0 Å². The van der Waals surface area contributed by atoms with Gasteiger partial charge in [0, 0.05) is 17.6 Å². The molecule has 0 spiro atoms. The van der Waals surface area contributed by atoms with Crippen molar-refractivity contribution in [2.75, 3.05) is 13.7 Å². The highest BCUT2D eigenvalue weighted by atomic mass is 35.5. The molecule has 102 valence electrons. The van der Waals surface area contributed by atoms with Gasteiger partial charge in [0.1, 0.15) is 11.7 Å². The summed E-state index contributed by atoms with van der Waals surface area (Å²) in [5.41, 5.74) is 1.10. The largest absolute Gasteiger partial charge is 0.374 e. The topological polar surface area (TPSA) is 18.5 Å². The Bertz CT molecular complexity index is 396. The predicted octanol–water partition coefficient (Wildman–Crippen LogP) is 4.91. The third-order valence-electron chi connectivity index (χ3n) is 3.59. The molecule has 0 aromatic carbocycles. The summed E-state index contributed by atoms with van der Waals surface area (Å²) in [5, 5.41) is 0. The van der Waals surface area contributed by atoms with Crippen LogP contribution < -0.4 is 0 Å². The van der Waals surface area contributed by atoms with E-state index in [4.69, 9.17) is 21.1 Å². The van der Waals surface area contributed by atoms with Gasteiger partial charge in [-0.1, -0.05) is 38.3 Å². The monoisotopic (exact) mass is 288 g/mol. The molecule has 1 unspecified atom stereocenters. The first-order chi connectivity index (χ1) is 8.66. The second kappa shape index (κ2) is 5.91. The molecule has 2 heterocycles. The number of fused-ring (bicyclic) bond motifs is 1. The Hall–Kier alpha value is -0.0900. The first-order valence-electron chi connectivity index (χ1n) is 6.63. The SMILES string of the molecule is CCCC1(CCC)OCC(OC)c2cc(Cl)sc21. The van der Waals surface area contributed by atoms with E-state index in [1.165, 1.54) is 10.4 Å². The summed E-state index contributed by atoms with van der Waals surface area (Å²) in [6.45, 7) is 5.05. The van der Waals surface area contributed by atoms with Crippen LogP contribution in [0.15, 0.2) is 6.07 Å². The average molecular weight is 289 g/mol. The Balaban J connectivity index is 2.43. The standard InChI is InChI=1S/C14H21ClO2S/c1-4-6-14(7-5-2)13-10(8-12(15)18-13)11(16-3)9-17-14/h8,11H,4-7,9H2,1-3H3. The van der Waals surface area contributed by atoms with Gasteiger partial charge in [-0.3, -0.25) is 0 Å². The van der Waals surface area contributed by atoms with Crippen molar-refractivity contribution >= 4 is 22.9 Å². The Morgan fingerprint density at radius 3 is 2.67 bits per heavy atom. The maximum absolute atomic E-state index is 6.22. The van der Waals surface area contributed by atoms with Crippen LogP contribution in [0.2, 0.25) is 4.34 Å². The lowest BCUT2D eigenvalue weighted by Crippen LogP contribution is -2.36. The fourth-order valence-corrected chi connectivity index (χ4v) is 4.35. The van der Waals surface area contributed by atoms with E-state index in [1.54, 1.807) is 18.4 Å². The molecule has 0 bridgehead atoms. The molecule has 1 aromatic rings. The zero-order valence-corrected chi connectivity index (χ0v) is 12.9. The van der Waals surface area contributed by atoms with Crippen molar-refractivity contribution in [2.45, 2.75) is 51.2 Å². The van der Waals surface area contributed by atoms with Gasteiger partial charge in [-0.25, -0.2) is 0 Å². The summed E-state index contributed by atoms with van der Waals surface area (Å²) in [5.74, 6) is 0. The van der Waals surface area contributed by atoms with Gasteiger partial charge in [-0.05, 0) is 18.9 Å². The van der Waals surface area contributed by atoms with Gasteiger partial charge in [0.05, 0.1) is 10.9 Å². The number of rotatable bonds is 5. The van der Waals surface area contributed by atoms with Crippen LogP contribution >= 0.6 is 22.9 Å². The van der Waals surface area contributed by atoms with E-state index < -0.39 is 0 Å². The Morgan fingerprint density at radius 1 is 1.44 bits per heavy atom. The minimum atomic E-state index is -0.133. The maximum Gasteiger partial charge on any atom is 0.107 e. The minimum absolute atomic E-state index is 0.0330. The van der Waals surface area contributed by atoms with Crippen molar-refractivity contribution < 1.29 is 9.47 Å². The number of methoxy groups -OCH3 is 1.